The lowest BCUT2D eigenvalue weighted by Crippen LogP contribution is -2.06. The SMILES string of the molecule is COc1ccccc1C1=NC(=Cc2ccccc2)C(=O)O1. The highest BCUT2D eigenvalue weighted by molar-refractivity contribution is 6.13. The molecule has 0 saturated carbocycles. The van der Waals surface area contributed by atoms with Crippen LogP contribution in [0.5, 0.6) is 5.75 Å². The van der Waals surface area contributed by atoms with Crippen molar-refractivity contribution in [1.82, 2.24) is 0 Å². The summed E-state index contributed by atoms with van der Waals surface area (Å²) in [6, 6.07) is 16.8. The zero-order chi connectivity index (χ0) is 14.7. The number of aliphatic imine (C=N–C) groups is 1. The summed E-state index contributed by atoms with van der Waals surface area (Å²) in [5.41, 5.74) is 1.83. The number of rotatable bonds is 3. The largest absolute Gasteiger partial charge is 0.496 e. The number of cyclic esters (lactones) is 1. The molecule has 0 unspecified atom stereocenters. The van der Waals surface area contributed by atoms with E-state index < -0.39 is 5.97 Å². The number of hydrogen-bond acceptors (Lipinski definition) is 4. The molecule has 2 aromatic rings. The van der Waals surface area contributed by atoms with Gasteiger partial charge in [0, 0.05) is 0 Å². The zero-order valence-electron chi connectivity index (χ0n) is 11.4. The Morgan fingerprint density at radius 1 is 1.05 bits per heavy atom. The van der Waals surface area contributed by atoms with Gasteiger partial charge in [0.15, 0.2) is 5.70 Å². The number of ether oxygens (including phenoxy) is 2. The Bertz CT molecular complexity index is 733. The van der Waals surface area contributed by atoms with Crippen LogP contribution in [0.4, 0.5) is 0 Å². The van der Waals surface area contributed by atoms with Crippen molar-refractivity contribution in [3.05, 3.63) is 71.4 Å². The number of benzene rings is 2. The molecule has 1 aliphatic heterocycles. The van der Waals surface area contributed by atoms with Crippen LogP contribution in [0.15, 0.2) is 65.3 Å². The van der Waals surface area contributed by atoms with Crippen LogP contribution in [0.1, 0.15) is 11.1 Å². The molecular formula is C17H13NO3. The minimum absolute atomic E-state index is 0.264. The van der Waals surface area contributed by atoms with E-state index in [1.165, 1.54) is 0 Å². The second kappa shape index (κ2) is 5.63. The van der Waals surface area contributed by atoms with Crippen LogP contribution in [-0.2, 0) is 9.53 Å². The second-order valence-corrected chi connectivity index (χ2v) is 4.45. The Kier molecular flexibility index (Phi) is 3.51. The molecular weight excluding hydrogens is 266 g/mol. The predicted octanol–water partition coefficient (Wildman–Crippen LogP) is 3.04. The van der Waals surface area contributed by atoms with E-state index in [1.54, 1.807) is 25.3 Å². The van der Waals surface area contributed by atoms with Crippen LogP contribution in [-0.4, -0.2) is 19.0 Å². The second-order valence-electron chi connectivity index (χ2n) is 4.45. The van der Waals surface area contributed by atoms with Gasteiger partial charge in [-0.25, -0.2) is 9.79 Å². The van der Waals surface area contributed by atoms with Crippen LogP contribution < -0.4 is 4.74 Å². The first-order valence-electron chi connectivity index (χ1n) is 6.49. The van der Waals surface area contributed by atoms with Crippen LogP contribution >= 0.6 is 0 Å². The monoisotopic (exact) mass is 279 g/mol. The van der Waals surface area contributed by atoms with E-state index in [4.69, 9.17) is 9.47 Å². The summed E-state index contributed by atoms with van der Waals surface area (Å²) < 4.78 is 10.5. The van der Waals surface area contributed by atoms with Gasteiger partial charge in [0.1, 0.15) is 5.75 Å². The van der Waals surface area contributed by atoms with Gasteiger partial charge in [-0.15, -0.1) is 0 Å². The van der Waals surface area contributed by atoms with Crippen LogP contribution in [0, 0.1) is 0 Å². The van der Waals surface area contributed by atoms with Crippen molar-refractivity contribution in [1.29, 1.82) is 0 Å². The molecule has 4 nitrogen and oxygen atoms in total. The normalized spacial score (nSPS) is 15.8. The van der Waals surface area contributed by atoms with Crippen molar-refractivity contribution in [2.75, 3.05) is 7.11 Å². The maximum atomic E-state index is 11.9. The average molecular weight is 279 g/mol. The van der Waals surface area contributed by atoms with E-state index in [2.05, 4.69) is 4.99 Å². The number of para-hydroxylation sites is 1. The minimum Gasteiger partial charge on any atom is -0.496 e. The molecule has 0 amide bonds. The average Bonchev–Trinajstić information content (AvgIpc) is 2.89. The van der Waals surface area contributed by atoms with Crippen LogP contribution in [0.25, 0.3) is 6.08 Å². The Morgan fingerprint density at radius 2 is 1.76 bits per heavy atom. The lowest BCUT2D eigenvalue weighted by atomic mass is 10.2. The fourth-order valence-corrected chi connectivity index (χ4v) is 2.05. The smallest absolute Gasteiger partial charge is 0.363 e. The molecule has 104 valence electrons. The molecule has 1 heterocycles. The van der Waals surface area contributed by atoms with E-state index in [0.717, 1.165) is 5.56 Å². The summed E-state index contributed by atoms with van der Waals surface area (Å²) in [5, 5.41) is 0. The van der Waals surface area contributed by atoms with E-state index in [9.17, 15) is 4.79 Å². The standard InChI is InChI=1S/C17H13NO3/c1-20-15-10-6-5-9-13(15)16-18-14(17(19)21-16)11-12-7-3-2-4-8-12/h2-11H,1H3. The predicted molar refractivity (Wildman–Crippen MR) is 80.0 cm³/mol. The summed E-state index contributed by atoms with van der Waals surface area (Å²) in [6.45, 7) is 0. The highest BCUT2D eigenvalue weighted by Gasteiger charge is 2.25. The van der Waals surface area contributed by atoms with Gasteiger partial charge >= 0.3 is 5.97 Å². The highest BCUT2D eigenvalue weighted by atomic mass is 16.6. The number of carbonyl (C=O) groups is 1. The third-order valence-electron chi connectivity index (χ3n) is 3.06. The van der Waals surface area contributed by atoms with E-state index in [-0.39, 0.29) is 11.6 Å². The Morgan fingerprint density at radius 3 is 2.52 bits per heavy atom. The van der Waals surface area contributed by atoms with Crippen LogP contribution in [0.3, 0.4) is 0 Å². The van der Waals surface area contributed by atoms with E-state index in [1.807, 2.05) is 42.5 Å². The molecule has 0 spiro atoms. The molecule has 3 rings (SSSR count). The summed E-state index contributed by atoms with van der Waals surface area (Å²) >= 11 is 0. The van der Waals surface area contributed by atoms with Gasteiger partial charge in [0.25, 0.3) is 0 Å². The summed E-state index contributed by atoms with van der Waals surface area (Å²) in [6.07, 6.45) is 1.70. The minimum atomic E-state index is -0.459. The topological polar surface area (TPSA) is 47.9 Å². The van der Waals surface area contributed by atoms with Gasteiger partial charge in [-0.2, -0.15) is 0 Å². The summed E-state index contributed by atoms with van der Waals surface area (Å²) in [5.74, 6) is 0.421. The maximum absolute atomic E-state index is 11.9. The number of carbonyl (C=O) groups excluding carboxylic acids is 1. The van der Waals surface area contributed by atoms with Crippen molar-refractivity contribution in [2.24, 2.45) is 4.99 Å². The fourth-order valence-electron chi connectivity index (χ4n) is 2.05. The first-order valence-corrected chi connectivity index (χ1v) is 6.49. The molecule has 4 heteroatoms. The molecule has 0 atom stereocenters. The lowest BCUT2D eigenvalue weighted by Gasteiger charge is -2.05. The van der Waals surface area contributed by atoms with Crippen molar-refractivity contribution < 1.29 is 14.3 Å². The quantitative estimate of drug-likeness (QED) is 0.641. The Balaban J connectivity index is 1.98. The molecule has 0 aliphatic carbocycles. The molecule has 0 bridgehead atoms. The molecule has 2 aromatic carbocycles. The van der Waals surface area contributed by atoms with Gasteiger partial charge < -0.3 is 9.47 Å². The molecule has 0 aromatic heterocycles. The third kappa shape index (κ3) is 2.69. The molecule has 0 N–H and O–H groups in total. The van der Waals surface area contributed by atoms with Crippen molar-refractivity contribution in [2.45, 2.75) is 0 Å². The molecule has 0 saturated heterocycles. The van der Waals surface area contributed by atoms with Crippen LogP contribution in [0.2, 0.25) is 0 Å². The third-order valence-corrected chi connectivity index (χ3v) is 3.06. The van der Waals surface area contributed by atoms with E-state index in [0.29, 0.717) is 11.3 Å². The molecule has 0 fully saturated rings. The summed E-state index contributed by atoms with van der Waals surface area (Å²) in [4.78, 5) is 16.2. The first-order chi connectivity index (χ1) is 10.3. The number of esters is 1. The van der Waals surface area contributed by atoms with Gasteiger partial charge in [-0.1, -0.05) is 42.5 Å². The maximum Gasteiger partial charge on any atom is 0.363 e. The number of hydrogen-bond donors (Lipinski definition) is 0. The fraction of sp³-hybridized carbons (Fsp3) is 0.0588. The van der Waals surface area contributed by atoms with Gasteiger partial charge in [-0.05, 0) is 23.8 Å². The number of methoxy groups -OCH3 is 1. The summed E-state index contributed by atoms with van der Waals surface area (Å²) in [7, 11) is 1.57. The van der Waals surface area contributed by atoms with Gasteiger partial charge in [-0.3, -0.25) is 0 Å². The molecule has 1 aliphatic rings. The lowest BCUT2D eigenvalue weighted by molar-refractivity contribution is -0.129. The van der Waals surface area contributed by atoms with Gasteiger partial charge in [0.2, 0.25) is 5.90 Å². The van der Waals surface area contributed by atoms with Crippen molar-refractivity contribution in [3.63, 3.8) is 0 Å². The number of nitrogens with zero attached hydrogens (tertiary/aromatic N) is 1. The Labute approximate surface area is 122 Å². The van der Waals surface area contributed by atoms with E-state index >= 15 is 0 Å². The van der Waals surface area contributed by atoms with Crippen molar-refractivity contribution >= 4 is 17.9 Å². The first kappa shape index (κ1) is 13.1. The zero-order valence-corrected chi connectivity index (χ0v) is 11.4. The van der Waals surface area contributed by atoms with Gasteiger partial charge in [0.05, 0.1) is 12.7 Å². The highest BCUT2D eigenvalue weighted by Crippen LogP contribution is 2.24. The molecule has 21 heavy (non-hydrogen) atoms. The molecule has 0 radical (unpaired) electrons. The Hall–Kier alpha value is -2.88. The van der Waals surface area contributed by atoms with Crippen molar-refractivity contribution in [3.8, 4) is 5.75 Å².